The summed E-state index contributed by atoms with van der Waals surface area (Å²) in [4.78, 5) is 16.6. The van der Waals surface area contributed by atoms with Crippen LogP contribution >= 0.6 is 22.7 Å². The molecule has 0 saturated carbocycles. The summed E-state index contributed by atoms with van der Waals surface area (Å²) in [7, 11) is 0. The third kappa shape index (κ3) is 2.09. The summed E-state index contributed by atoms with van der Waals surface area (Å²) in [5, 5.41) is 13.8. The molecule has 2 aromatic heterocycles. The highest BCUT2D eigenvalue weighted by Gasteiger charge is 2.29. The Bertz CT molecular complexity index is 834. The minimum atomic E-state index is -0.888. The SMILES string of the molecule is O=C(O)c1csc(-c2csc(C3Cc4ccccc43)n2)c1. The molecule has 1 aliphatic rings. The minimum Gasteiger partial charge on any atom is -0.478 e. The molecule has 104 valence electrons. The third-order valence-corrected chi connectivity index (χ3v) is 5.68. The highest BCUT2D eigenvalue weighted by Crippen LogP contribution is 2.42. The van der Waals surface area contributed by atoms with Gasteiger partial charge in [0.2, 0.25) is 0 Å². The second kappa shape index (κ2) is 4.79. The molecule has 1 N–H and O–H groups in total. The van der Waals surface area contributed by atoms with Gasteiger partial charge in [-0.2, -0.15) is 0 Å². The number of benzene rings is 1. The average Bonchev–Trinajstić information content (AvgIpc) is 3.08. The van der Waals surface area contributed by atoms with Crippen molar-refractivity contribution in [2.75, 3.05) is 0 Å². The first-order valence-corrected chi connectivity index (χ1v) is 8.34. The standard InChI is InChI=1S/C16H11NO2S2/c18-16(19)10-6-14(20-7-10)13-8-21-15(17-13)12-5-9-3-1-2-4-11(9)12/h1-4,6-8,12H,5H2,(H,18,19). The summed E-state index contributed by atoms with van der Waals surface area (Å²) < 4.78 is 0. The maximum Gasteiger partial charge on any atom is 0.336 e. The van der Waals surface area contributed by atoms with Crippen LogP contribution in [0.25, 0.3) is 10.6 Å². The zero-order valence-corrected chi connectivity index (χ0v) is 12.6. The normalized spacial score (nSPS) is 16.3. The zero-order chi connectivity index (χ0) is 14.4. The summed E-state index contributed by atoms with van der Waals surface area (Å²) >= 11 is 3.09. The van der Waals surface area contributed by atoms with E-state index in [9.17, 15) is 4.79 Å². The van der Waals surface area contributed by atoms with E-state index in [2.05, 4.69) is 24.3 Å². The number of carboxylic acid groups (broad SMARTS) is 1. The lowest BCUT2D eigenvalue weighted by atomic mass is 9.78. The molecule has 4 rings (SSSR count). The molecule has 3 aromatic rings. The smallest absolute Gasteiger partial charge is 0.336 e. The van der Waals surface area contributed by atoms with Crippen molar-refractivity contribution in [3.05, 3.63) is 62.8 Å². The molecule has 0 spiro atoms. The minimum absolute atomic E-state index is 0.332. The van der Waals surface area contributed by atoms with Crippen molar-refractivity contribution < 1.29 is 9.90 Å². The molecular formula is C16H11NO2S2. The maximum atomic E-state index is 10.9. The molecule has 0 radical (unpaired) electrons. The molecule has 1 atom stereocenters. The Morgan fingerprint density at radius 2 is 2.10 bits per heavy atom. The summed E-state index contributed by atoms with van der Waals surface area (Å²) in [5.74, 6) is -0.486. The largest absolute Gasteiger partial charge is 0.478 e. The number of fused-ring (bicyclic) bond motifs is 1. The first-order valence-electron chi connectivity index (χ1n) is 6.58. The maximum absolute atomic E-state index is 10.9. The molecular weight excluding hydrogens is 302 g/mol. The Labute approximate surface area is 129 Å². The zero-order valence-electron chi connectivity index (χ0n) is 10.9. The fraction of sp³-hybridized carbons (Fsp3) is 0.125. The number of thiazole rings is 1. The van der Waals surface area contributed by atoms with Crippen molar-refractivity contribution in [2.45, 2.75) is 12.3 Å². The lowest BCUT2D eigenvalue weighted by molar-refractivity contribution is 0.0697. The van der Waals surface area contributed by atoms with Gasteiger partial charge in [-0.05, 0) is 23.6 Å². The molecule has 0 saturated heterocycles. The molecule has 1 unspecified atom stereocenters. The number of carboxylic acids is 1. The average molecular weight is 313 g/mol. The predicted octanol–water partition coefficient (Wildman–Crippen LogP) is 4.26. The lowest BCUT2D eigenvalue weighted by Crippen LogP contribution is -2.17. The van der Waals surface area contributed by atoms with Gasteiger partial charge in [0.15, 0.2) is 0 Å². The van der Waals surface area contributed by atoms with Gasteiger partial charge < -0.3 is 5.11 Å². The van der Waals surface area contributed by atoms with E-state index in [1.807, 2.05) is 5.38 Å². The predicted molar refractivity (Wildman–Crippen MR) is 84.4 cm³/mol. The van der Waals surface area contributed by atoms with E-state index in [4.69, 9.17) is 10.1 Å². The molecule has 21 heavy (non-hydrogen) atoms. The van der Waals surface area contributed by atoms with Crippen LogP contribution in [0.4, 0.5) is 0 Å². The summed E-state index contributed by atoms with van der Waals surface area (Å²) in [5.41, 5.74) is 4.00. The molecule has 0 fully saturated rings. The van der Waals surface area contributed by atoms with E-state index in [1.165, 1.54) is 22.5 Å². The van der Waals surface area contributed by atoms with E-state index in [0.29, 0.717) is 11.5 Å². The van der Waals surface area contributed by atoms with Gasteiger partial charge in [0, 0.05) is 16.7 Å². The first-order chi connectivity index (χ1) is 10.2. The second-order valence-electron chi connectivity index (χ2n) is 5.03. The van der Waals surface area contributed by atoms with Crippen molar-refractivity contribution >= 4 is 28.6 Å². The fourth-order valence-corrected chi connectivity index (χ4v) is 4.48. The number of hydrogen-bond donors (Lipinski definition) is 1. The molecule has 0 bridgehead atoms. The van der Waals surface area contributed by atoms with Crippen LogP contribution in [0.1, 0.15) is 32.4 Å². The number of aromatic carboxylic acids is 1. The third-order valence-electron chi connectivity index (χ3n) is 3.77. The van der Waals surface area contributed by atoms with Crippen LogP contribution in [0.15, 0.2) is 41.1 Å². The van der Waals surface area contributed by atoms with Crippen LogP contribution < -0.4 is 0 Å². The van der Waals surface area contributed by atoms with Gasteiger partial charge in [0.25, 0.3) is 0 Å². The molecule has 1 aromatic carbocycles. The number of hydrogen-bond acceptors (Lipinski definition) is 4. The van der Waals surface area contributed by atoms with Crippen molar-refractivity contribution in [3.8, 4) is 10.6 Å². The number of nitrogens with zero attached hydrogens (tertiary/aromatic N) is 1. The second-order valence-corrected chi connectivity index (χ2v) is 6.83. The van der Waals surface area contributed by atoms with Gasteiger partial charge in [0.05, 0.1) is 16.1 Å². The van der Waals surface area contributed by atoms with Crippen molar-refractivity contribution in [1.82, 2.24) is 4.98 Å². The van der Waals surface area contributed by atoms with Gasteiger partial charge in [-0.15, -0.1) is 22.7 Å². The van der Waals surface area contributed by atoms with E-state index in [-0.39, 0.29) is 0 Å². The Balaban J connectivity index is 1.63. The van der Waals surface area contributed by atoms with Crippen molar-refractivity contribution in [3.63, 3.8) is 0 Å². The Hall–Kier alpha value is -1.98. The van der Waals surface area contributed by atoms with Gasteiger partial charge in [0.1, 0.15) is 5.01 Å². The topological polar surface area (TPSA) is 50.2 Å². The van der Waals surface area contributed by atoms with Crippen LogP contribution in [-0.4, -0.2) is 16.1 Å². The van der Waals surface area contributed by atoms with Crippen molar-refractivity contribution in [2.24, 2.45) is 0 Å². The molecule has 0 amide bonds. The molecule has 2 heterocycles. The monoisotopic (exact) mass is 313 g/mol. The van der Waals surface area contributed by atoms with E-state index in [1.54, 1.807) is 22.8 Å². The highest BCUT2D eigenvalue weighted by atomic mass is 32.1. The first kappa shape index (κ1) is 12.7. The van der Waals surface area contributed by atoms with E-state index < -0.39 is 5.97 Å². The lowest BCUT2D eigenvalue weighted by Gasteiger charge is -2.28. The van der Waals surface area contributed by atoms with Crippen molar-refractivity contribution in [1.29, 1.82) is 0 Å². The van der Waals surface area contributed by atoms with Crippen LogP contribution in [0, 0.1) is 0 Å². The summed E-state index contributed by atoms with van der Waals surface area (Å²) in [6.45, 7) is 0. The Morgan fingerprint density at radius 3 is 2.86 bits per heavy atom. The molecule has 5 heteroatoms. The fourth-order valence-electron chi connectivity index (χ4n) is 2.62. The molecule has 0 aliphatic heterocycles. The Kier molecular flexibility index (Phi) is 2.90. The van der Waals surface area contributed by atoms with Crippen LogP contribution in [0.2, 0.25) is 0 Å². The van der Waals surface area contributed by atoms with E-state index in [0.717, 1.165) is 22.0 Å². The van der Waals surface area contributed by atoms with Gasteiger partial charge in [-0.25, -0.2) is 9.78 Å². The molecule has 3 nitrogen and oxygen atoms in total. The van der Waals surface area contributed by atoms with Crippen LogP contribution in [0.5, 0.6) is 0 Å². The quantitative estimate of drug-likeness (QED) is 0.786. The van der Waals surface area contributed by atoms with E-state index >= 15 is 0 Å². The number of carbonyl (C=O) groups is 1. The number of rotatable bonds is 3. The number of thiophene rings is 1. The summed E-state index contributed by atoms with van der Waals surface area (Å²) in [6, 6.07) is 10.2. The molecule has 1 aliphatic carbocycles. The highest BCUT2D eigenvalue weighted by molar-refractivity contribution is 7.14. The summed E-state index contributed by atoms with van der Waals surface area (Å²) in [6.07, 6.45) is 1.05. The van der Waals surface area contributed by atoms with Gasteiger partial charge in [-0.1, -0.05) is 24.3 Å². The van der Waals surface area contributed by atoms with Crippen LogP contribution in [0.3, 0.4) is 0 Å². The van der Waals surface area contributed by atoms with Crippen LogP contribution in [-0.2, 0) is 6.42 Å². The van der Waals surface area contributed by atoms with Gasteiger partial charge >= 0.3 is 5.97 Å². The van der Waals surface area contributed by atoms with Gasteiger partial charge in [-0.3, -0.25) is 0 Å². The number of aromatic nitrogens is 1. The Morgan fingerprint density at radius 1 is 1.24 bits per heavy atom.